The Hall–Kier alpha value is 0.300. The second-order valence-electron chi connectivity index (χ2n) is 4.00. The zero-order chi connectivity index (χ0) is 16.9. The molecule has 4 amide bonds. The van der Waals surface area contributed by atoms with Crippen LogP contribution in [0.5, 0.6) is 0 Å². The molecule has 0 aromatic rings. The van der Waals surface area contributed by atoms with Crippen LogP contribution in [0.1, 0.15) is 0 Å². The number of rotatable bonds is 0. The number of fused-ring (bicyclic) bond motifs is 1. The van der Waals surface area contributed by atoms with Crippen molar-refractivity contribution in [3.8, 4) is 0 Å². The Morgan fingerprint density at radius 3 is 0.955 bits per heavy atom. The number of amides is 4. The molecule has 0 radical (unpaired) electrons. The number of carbonyl (C=O) groups is 2. The third-order valence-electron chi connectivity index (χ3n) is 2.97. The average Bonchev–Trinajstić information content (AvgIpc) is 2.76. The molecule has 0 aliphatic carbocycles. The van der Waals surface area contributed by atoms with Crippen LogP contribution >= 0.6 is 99.4 Å². The van der Waals surface area contributed by atoms with Crippen molar-refractivity contribution < 1.29 is 9.59 Å². The van der Waals surface area contributed by atoms with Gasteiger partial charge in [-0.1, -0.05) is 48.9 Å². The van der Waals surface area contributed by atoms with E-state index in [9.17, 15) is 9.59 Å². The van der Waals surface area contributed by atoms with Crippen LogP contribution in [-0.2, 0) is 0 Å². The van der Waals surface area contributed by atoms with Crippen LogP contribution in [0.25, 0.3) is 0 Å². The third-order valence-corrected chi connectivity index (χ3v) is 4.62. The summed E-state index contributed by atoms with van der Waals surface area (Å²) in [5.74, 6) is 0. The first-order chi connectivity index (χ1) is 10.1. The Labute approximate surface area is 169 Å². The van der Waals surface area contributed by atoms with Crippen molar-refractivity contribution in [2.24, 2.45) is 0 Å². The highest BCUT2D eigenvalue weighted by Gasteiger charge is 2.62. The van der Waals surface area contributed by atoms with E-state index in [-0.39, 0.29) is 17.3 Å². The molecular weight excluding hydrogens is 441 g/mol. The lowest BCUT2D eigenvalue weighted by Gasteiger charge is -2.27. The normalized spacial score (nSPS) is 24.0. The van der Waals surface area contributed by atoms with Crippen molar-refractivity contribution in [3.63, 3.8) is 0 Å². The molecule has 0 bridgehead atoms. The lowest BCUT2D eigenvalue weighted by molar-refractivity contribution is 0.192. The SMILES string of the molecule is O=C1N(C(=S)S)C2C(N1C(=S)S)N(C(=S)S)C(=O)N2C(=S)S. The highest BCUT2D eigenvalue weighted by Crippen LogP contribution is 2.38. The first-order valence-corrected chi connectivity index (χ1v) is 8.70. The number of thiol groups is 4. The van der Waals surface area contributed by atoms with Crippen molar-refractivity contribution in [2.45, 2.75) is 12.3 Å². The smallest absolute Gasteiger partial charge is 0.253 e. The molecule has 0 atom stereocenters. The van der Waals surface area contributed by atoms with Crippen LogP contribution < -0.4 is 0 Å². The maximum atomic E-state index is 12.5. The number of hydrogen-bond donors (Lipinski definition) is 4. The van der Waals surface area contributed by atoms with Crippen LogP contribution in [0.3, 0.4) is 0 Å². The van der Waals surface area contributed by atoms with E-state index >= 15 is 0 Å². The minimum Gasteiger partial charge on any atom is -0.253 e. The molecule has 2 rings (SSSR count). The molecule has 0 aromatic heterocycles. The number of nitrogens with zero attached hydrogens (tertiary/aromatic N) is 4. The summed E-state index contributed by atoms with van der Waals surface area (Å²) in [7, 11) is 0. The summed E-state index contributed by atoms with van der Waals surface area (Å²) in [6.07, 6.45) is -1.82. The fourth-order valence-electron chi connectivity index (χ4n) is 2.23. The van der Waals surface area contributed by atoms with Gasteiger partial charge in [-0.3, -0.25) is 19.6 Å². The second-order valence-corrected chi connectivity index (χ2v) is 8.45. The van der Waals surface area contributed by atoms with Gasteiger partial charge in [-0.05, 0) is 0 Å². The lowest BCUT2D eigenvalue weighted by atomic mass is 10.4. The third kappa shape index (κ3) is 2.76. The lowest BCUT2D eigenvalue weighted by Crippen LogP contribution is -2.49. The summed E-state index contributed by atoms with van der Waals surface area (Å²) < 4.78 is -0.217. The molecule has 0 saturated carbocycles. The Balaban J connectivity index is 2.66. The van der Waals surface area contributed by atoms with E-state index in [1.54, 1.807) is 0 Å². The molecule has 2 fully saturated rings. The summed E-state index contributed by atoms with van der Waals surface area (Å²) >= 11 is 36.0. The van der Waals surface area contributed by atoms with Gasteiger partial charge in [0.1, 0.15) is 17.3 Å². The second kappa shape index (κ2) is 6.66. The van der Waals surface area contributed by atoms with E-state index in [0.29, 0.717) is 0 Å². The Kier molecular flexibility index (Phi) is 5.64. The molecule has 118 valence electrons. The van der Waals surface area contributed by atoms with E-state index in [4.69, 9.17) is 48.9 Å². The summed E-state index contributed by atoms with van der Waals surface area (Å²) in [5.41, 5.74) is 0. The van der Waals surface area contributed by atoms with Crippen molar-refractivity contribution in [1.29, 1.82) is 0 Å². The molecule has 0 aromatic carbocycles. The molecule has 2 heterocycles. The van der Waals surface area contributed by atoms with Gasteiger partial charge in [-0.2, -0.15) is 0 Å². The van der Waals surface area contributed by atoms with E-state index in [0.717, 1.165) is 19.6 Å². The largest absolute Gasteiger partial charge is 0.334 e. The van der Waals surface area contributed by atoms with Gasteiger partial charge in [-0.15, -0.1) is 50.5 Å². The molecule has 2 saturated heterocycles. The number of urea groups is 2. The van der Waals surface area contributed by atoms with Gasteiger partial charge in [0.15, 0.2) is 12.3 Å². The van der Waals surface area contributed by atoms with Crippen molar-refractivity contribution >= 4 is 129 Å². The van der Waals surface area contributed by atoms with Gasteiger partial charge < -0.3 is 0 Å². The molecule has 22 heavy (non-hydrogen) atoms. The number of carbonyl (C=O) groups excluding carboxylic acids is 2. The van der Waals surface area contributed by atoms with E-state index in [2.05, 4.69) is 50.5 Å². The zero-order valence-corrected chi connectivity index (χ0v) is 17.0. The van der Waals surface area contributed by atoms with Gasteiger partial charge in [0.05, 0.1) is 0 Å². The number of thiocarbonyl (C=S) groups is 4. The van der Waals surface area contributed by atoms with Gasteiger partial charge >= 0.3 is 12.1 Å². The Morgan fingerprint density at radius 2 is 0.818 bits per heavy atom. The highest BCUT2D eigenvalue weighted by molar-refractivity contribution is 8.12. The first-order valence-electron chi connectivity index (χ1n) is 5.27. The summed E-state index contributed by atoms with van der Waals surface area (Å²) in [6.45, 7) is 0. The maximum absolute atomic E-state index is 12.5. The predicted molar refractivity (Wildman–Crippen MR) is 112 cm³/mol. The van der Waals surface area contributed by atoms with E-state index < -0.39 is 24.4 Å². The molecule has 2 aliphatic rings. The van der Waals surface area contributed by atoms with Crippen LogP contribution in [0.4, 0.5) is 9.59 Å². The van der Waals surface area contributed by atoms with E-state index in [1.807, 2.05) is 0 Å². The Bertz CT molecular complexity index is 536. The van der Waals surface area contributed by atoms with Crippen molar-refractivity contribution in [1.82, 2.24) is 19.6 Å². The first kappa shape index (κ1) is 18.6. The van der Waals surface area contributed by atoms with Gasteiger partial charge in [-0.25, -0.2) is 9.59 Å². The Morgan fingerprint density at radius 1 is 0.636 bits per heavy atom. The fourth-order valence-corrected chi connectivity index (χ4v) is 3.79. The molecule has 0 N–H and O–H groups in total. The topological polar surface area (TPSA) is 47.1 Å². The standard InChI is InChI=1S/C8H6N4O2S8/c13-3-9(5(15)16)1-2(11(3)7(19)20)12(8(21)22)4(14)10(1)6(17)18/h1-2H,(H,15,16)(H,17,18)(H,19,20)(H,21,22). The highest BCUT2D eigenvalue weighted by atomic mass is 32.1. The monoisotopic (exact) mass is 446 g/mol. The molecule has 14 heteroatoms. The average molecular weight is 447 g/mol. The summed E-state index contributed by atoms with van der Waals surface area (Å²) in [4.78, 5) is 29.4. The molecule has 0 unspecified atom stereocenters. The quantitative estimate of drug-likeness (QED) is 0.337. The summed E-state index contributed by atoms with van der Waals surface area (Å²) in [5, 5.41) is 0. The maximum Gasteiger partial charge on any atom is 0.334 e. The molecule has 6 nitrogen and oxygen atoms in total. The van der Waals surface area contributed by atoms with Gasteiger partial charge in [0, 0.05) is 0 Å². The van der Waals surface area contributed by atoms with Crippen LogP contribution in [0.15, 0.2) is 0 Å². The predicted octanol–water partition coefficient (Wildman–Crippen LogP) is 1.97. The molecular formula is C8H6N4O2S8. The minimum atomic E-state index is -0.912. The van der Waals surface area contributed by atoms with Crippen LogP contribution in [0.2, 0.25) is 0 Å². The van der Waals surface area contributed by atoms with E-state index in [1.165, 1.54) is 0 Å². The van der Waals surface area contributed by atoms with Gasteiger partial charge in [0.2, 0.25) is 0 Å². The molecule has 0 spiro atoms. The number of hydrogen-bond acceptors (Lipinski definition) is 6. The summed E-state index contributed by atoms with van der Waals surface area (Å²) in [6, 6.07) is -1.18. The minimum absolute atomic E-state index is 0.0543. The fraction of sp³-hybridized carbons (Fsp3) is 0.250. The zero-order valence-electron chi connectivity index (χ0n) is 10.2. The van der Waals surface area contributed by atoms with Crippen LogP contribution in [-0.4, -0.2) is 61.3 Å². The van der Waals surface area contributed by atoms with Crippen molar-refractivity contribution in [3.05, 3.63) is 0 Å². The van der Waals surface area contributed by atoms with Crippen molar-refractivity contribution in [2.75, 3.05) is 0 Å². The molecule has 2 aliphatic heterocycles. The van der Waals surface area contributed by atoms with Crippen LogP contribution in [0, 0.1) is 0 Å². The van der Waals surface area contributed by atoms with Gasteiger partial charge in [0.25, 0.3) is 0 Å².